The third kappa shape index (κ3) is 3.00. The largest absolute Gasteiger partial charge is 0.291 e. The summed E-state index contributed by atoms with van der Waals surface area (Å²) in [5.41, 5.74) is 6.05. The van der Waals surface area contributed by atoms with Crippen molar-refractivity contribution in [3.63, 3.8) is 0 Å². The number of pyridine rings is 1. The van der Waals surface area contributed by atoms with Gasteiger partial charge in [0.25, 0.3) is 0 Å². The first-order valence-electron chi connectivity index (χ1n) is 10.1. The first-order chi connectivity index (χ1) is 13.8. The number of hydrogen-bond donors (Lipinski definition) is 0. The van der Waals surface area contributed by atoms with Crippen molar-refractivity contribution < 1.29 is 0 Å². The molecule has 5 aromatic rings. The Labute approximate surface area is 176 Å². The summed E-state index contributed by atoms with van der Waals surface area (Å²) in [7, 11) is -1.55. The van der Waals surface area contributed by atoms with Gasteiger partial charge in [0.15, 0.2) is 0 Å². The topological polar surface area (TPSA) is 30.2 Å². The summed E-state index contributed by atoms with van der Waals surface area (Å²) in [4.78, 5) is 10.8. The molecule has 5 heteroatoms. The lowest BCUT2D eigenvalue weighted by atomic mass is 9.92. The monoisotopic (exact) mass is 415 g/mol. The van der Waals surface area contributed by atoms with Gasteiger partial charge in [-0.25, -0.2) is 4.98 Å². The van der Waals surface area contributed by atoms with Gasteiger partial charge in [0, 0.05) is 11.8 Å². The summed E-state index contributed by atoms with van der Waals surface area (Å²) in [6.07, 6.45) is 4.05. The third-order valence-electron chi connectivity index (χ3n) is 5.51. The second-order valence-electron chi connectivity index (χ2n) is 9.09. The molecule has 0 N–H and O–H groups in total. The number of hydrogen-bond acceptors (Lipinski definition) is 3. The van der Waals surface area contributed by atoms with Gasteiger partial charge in [-0.2, -0.15) is 0 Å². The van der Waals surface area contributed by atoms with Crippen LogP contribution in [0.2, 0.25) is 19.6 Å². The van der Waals surface area contributed by atoms with E-state index in [0.29, 0.717) is 5.92 Å². The summed E-state index contributed by atoms with van der Waals surface area (Å²) in [6.45, 7) is 11.6. The normalized spacial score (nSPS) is 12.6. The van der Waals surface area contributed by atoms with Gasteiger partial charge in [-0.15, -0.1) is 11.3 Å². The number of aromatic nitrogens is 3. The Kier molecular flexibility index (Phi) is 4.15. The lowest BCUT2D eigenvalue weighted by Gasteiger charge is -2.15. The lowest BCUT2D eigenvalue weighted by molar-refractivity contribution is 0.876. The SMILES string of the molecule is CC(C)c1cc(-c2cc3c(cn2)sc2cnc([Si](C)(C)C)n23)cc2ccccc12. The fraction of sp³-hybridized carbons (Fsp3) is 0.250. The summed E-state index contributed by atoms with van der Waals surface area (Å²) in [5, 5.41) is 2.61. The number of rotatable bonds is 3. The molecule has 0 spiro atoms. The van der Waals surface area contributed by atoms with E-state index in [2.05, 4.69) is 80.4 Å². The Hall–Kier alpha value is -2.50. The Morgan fingerprint density at radius 3 is 2.52 bits per heavy atom. The fourth-order valence-corrected chi connectivity index (χ4v) is 6.50. The number of fused-ring (bicyclic) bond motifs is 4. The van der Waals surface area contributed by atoms with Crippen LogP contribution in [-0.4, -0.2) is 22.4 Å². The van der Waals surface area contributed by atoms with Crippen molar-refractivity contribution in [3.8, 4) is 11.3 Å². The van der Waals surface area contributed by atoms with Crippen LogP contribution in [0, 0.1) is 0 Å². The van der Waals surface area contributed by atoms with E-state index in [4.69, 9.17) is 9.97 Å². The minimum atomic E-state index is -1.55. The first kappa shape index (κ1) is 18.5. The smallest absolute Gasteiger partial charge is 0.123 e. The maximum absolute atomic E-state index is 4.84. The Bertz CT molecular complexity index is 1370. The first-order valence-corrected chi connectivity index (χ1v) is 14.4. The minimum Gasteiger partial charge on any atom is -0.291 e. The van der Waals surface area contributed by atoms with E-state index in [9.17, 15) is 0 Å². The van der Waals surface area contributed by atoms with E-state index in [0.717, 1.165) is 5.69 Å². The second-order valence-corrected chi connectivity index (χ2v) is 15.1. The standard InChI is InChI=1S/C24H25N3SSi/c1-15(2)19-11-17(10-16-8-6-7-9-18(16)19)20-12-21-22(13-25-20)28-23-14-26-24(27(21)23)29(3,4)5/h6-15H,1-5H3. The molecule has 0 fully saturated rings. The third-order valence-corrected chi connectivity index (χ3v) is 8.24. The van der Waals surface area contributed by atoms with Gasteiger partial charge >= 0.3 is 0 Å². The van der Waals surface area contributed by atoms with Crippen LogP contribution in [0.25, 0.3) is 37.1 Å². The van der Waals surface area contributed by atoms with Crippen LogP contribution < -0.4 is 5.45 Å². The predicted molar refractivity (Wildman–Crippen MR) is 128 cm³/mol. The molecule has 2 aromatic carbocycles. The van der Waals surface area contributed by atoms with Gasteiger partial charge in [0.05, 0.1) is 27.6 Å². The molecule has 5 rings (SSSR count). The van der Waals surface area contributed by atoms with Gasteiger partial charge in [-0.3, -0.25) is 9.38 Å². The van der Waals surface area contributed by atoms with Crippen molar-refractivity contribution in [2.24, 2.45) is 0 Å². The fourth-order valence-electron chi connectivity index (χ4n) is 4.09. The average Bonchev–Trinajstić information content (AvgIpc) is 3.25. The van der Waals surface area contributed by atoms with Gasteiger partial charge in [0.1, 0.15) is 12.9 Å². The van der Waals surface area contributed by atoms with Crippen LogP contribution in [0.1, 0.15) is 25.3 Å². The summed E-state index contributed by atoms with van der Waals surface area (Å²) in [5.74, 6) is 0.462. The maximum Gasteiger partial charge on any atom is 0.123 e. The Morgan fingerprint density at radius 2 is 1.76 bits per heavy atom. The van der Waals surface area contributed by atoms with E-state index < -0.39 is 8.07 Å². The Morgan fingerprint density at radius 1 is 0.966 bits per heavy atom. The molecule has 0 atom stereocenters. The van der Waals surface area contributed by atoms with Crippen molar-refractivity contribution in [2.75, 3.05) is 0 Å². The van der Waals surface area contributed by atoms with Gasteiger partial charge < -0.3 is 0 Å². The highest BCUT2D eigenvalue weighted by Crippen LogP contribution is 2.33. The number of benzene rings is 2. The molecule has 0 unspecified atom stereocenters. The number of nitrogens with zero attached hydrogens (tertiary/aromatic N) is 3. The summed E-state index contributed by atoms with van der Waals surface area (Å²) in [6, 6.07) is 15.5. The highest BCUT2D eigenvalue weighted by atomic mass is 32.1. The number of imidazole rings is 1. The molecule has 3 aromatic heterocycles. The van der Waals surface area contributed by atoms with Crippen LogP contribution in [0.4, 0.5) is 0 Å². The molecule has 0 amide bonds. The summed E-state index contributed by atoms with van der Waals surface area (Å²) >= 11 is 1.77. The van der Waals surface area contributed by atoms with Gasteiger partial charge in [-0.1, -0.05) is 57.8 Å². The quantitative estimate of drug-likeness (QED) is 0.318. The molecule has 3 heterocycles. The molecule has 0 aliphatic rings. The average molecular weight is 416 g/mol. The molecule has 0 saturated heterocycles. The molecule has 3 nitrogen and oxygen atoms in total. The molecule has 146 valence electrons. The van der Waals surface area contributed by atoms with Crippen molar-refractivity contribution in [1.29, 1.82) is 0 Å². The molecule has 0 aliphatic carbocycles. The molecule has 0 saturated carbocycles. The van der Waals surface area contributed by atoms with E-state index >= 15 is 0 Å². The van der Waals surface area contributed by atoms with Crippen molar-refractivity contribution >= 4 is 50.7 Å². The highest BCUT2D eigenvalue weighted by Gasteiger charge is 2.24. The minimum absolute atomic E-state index is 0.462. The predicted octanol–water partition coefficient (Wildman–Crippen LogP) is 6.43. The van der Waals surface area contributed by atoms with E-state index in [1.165, 1.54) is 42.4 Å². The van der Waals surface area contributed by atoms with Crippen LogP contribution in [0.15, 0.2) is 54.9 Å². The van der Waals surface area contributed by atoms with Crippen molar-refractivity contribution in [2.45, 2.75) is 39.4 Å². The van der Waals surface area contributed by atoms with Gasteiger partial charge in [-0.05, 0) is 40.5 Å². The zero-order valence-electron chi connectivity index (χ0n) is 17.5. The van der Waals surface area contributed by atoms with Crippen molar-refractivity contribution in [3.05, 3.63) is 60.4 Å². The van der Waals surface area contributed by atoms with E-state index in [1.807, 2.05) is 12.4 Å². The molecule has 0 bridgehead atoms. The Balaban J connectivity index is 1.77. The lowest BCUT2D eigenvalue weighted by Crippen LogP contribution is -2.42. The van der Waals surface area contributed by atoms with E-state index in [1.54, 1.807) is 11.3 Å². The summed E-state index contributed by atoms with van der Waals surface area (Å²) < 4.78 is 3.58. The van der Waals surface area contributed by atoms with Crippen LogP contribution in [0.5, 0.6) is 0 Å². The van der Waals surface area contributed by atoms with Crippen LogP contribution in [-0.2, 0) is 0 Å². The molecular weight excluding hydrogens is 390 g/mol. The molecule has 0 radical (unpaired) electrons. The molecular formula is C24H25N3SSi. The van der Waals surface area contributed by atoms with Gasteiger partial charge in [0.2, 0.25) is 0 Å². The maximum atomic E-state index is 4.84. The van der Waals surface area contributed by atoms with E-state index in [-0.39, 0.29) is 0 Å². The highest BCUT2D eigenvalue weighted by molar-refractivity contribution is 7.24. The molecule has 29 heavy (non-hydrogen) atoms. The number of thiazole rings is 1. The second kappa shape index (κ2) is 6.51. The zero-order chi connectivity index (χ0) is 20.3. The van der Waals surface area contributed by atoms with Crippen LogP contribution >= 0.6 is 11.3 Å². The van der Waals surface area contributed by atoms with Crippen molar-refractivity contribution in [1.82, 2.24) is 14.4 Å². The zero-order valence-corrected chi connectivity index (χ0v) is 19.3. The molecule has 0 aliphatic heterocycles. The van der Waals surface area contributed by atoms with Crippen LogP contribution in [0.3, 0.4) is 0 Å².